The van der Waals surface area contributed by atoms with E-state index < -0.39 is 0 Å². The Hall–Kier alpha value is -1.62. The molecule has 0 amide bonds. The molecule has 2 aromatic heterocycles. The summed E-state index contributed by atoms with van der Waals surface area (Å²) in [7, 11) is 3.90. The van der Waals surface area contributed by atoms with Crippen LogP contribution in [0.4, 0.5) is 0 Å². The molecule has 0 fully saturated rings. The second-order valence-electron chi connectivity index (χ2n) is 4.50. The van der Waals surface area contributed by atoms with E-state index in [0.717, 1.165) is 30.9 Å². The number of hydrogen-bond donors (Lipinski definition) is 1. The molecule has 1 atom stereocenters. The van der Waals surface area contributed by atoms with Crippen LogP contribution in [0.3, 0.4) is 0 Å². The third kappa shape index (κ3) is 2.79. The normalized spacial score (nSPS) is 12.8. The van der Waals surface area contributed by atoms with Gasteiger partial charge in [-0.1, -0.05) is 6.92 Å². The quantitative estimate of drug-likeness (QED) is 0.842. The maximum atomic E-state index is 4.46. The van der Waals surface area contributed by atoms with Gasteiger partial charge in [0.1, 0.15) is 5.82 Å². The first-order valence-corrected chi connectivity index (χ1v) is 6.41. The lowest BCUT2D eigenvalue weighted by atomic mass is 10.1. The van der Waals surface area contributed by atoms with Crippen LogP contribution in [0, 0.1) is 0 Å². The Labute approximate surface area is 108 Å². The lowest BCUT2D eigenvalue weighted by Crippen LogP contribution is -2.21. The molecule has 0 aromatic carbocycles. The van der Waals surface area contributed by atoms with Gasteiger partial charge in [0.15, 0.2) is 0 Å². The van der Waals surface area contributed by atoms with Gasteiger partial charge < -0.3 is 9.88 Å². The van der Waals surface area contributed by atoms with Crippen molar-refractivity contribution >= 4 is 0 Å². The molecule has 5 nitrogen and oxygen atoms in total. The van der Waals surface area contributed by atoms with Gasteiger partial charge >= 0.3 is 0 Å². The predicted molar refractivity (Wildman–Crippen MR) is 71.2 cm³/mol. The standard InChI is InChI=1S/C13H21N5/c1-4-7-18-9-6-15-13(18)10-12(14-2)11-5-8-17(3)16-11/h5-6,8-9,12,14H,4,7,10H2,1-3H3. The molecule has 0 radical (unpaired) electrons. The number of nitrogens with zero attached hydrogens (tertiary/aromatic N) is 4. The van der Waals surface area contributed by atoms with E-state index in [2.05, 4.69) is 26.9 Å². The van der Waals surface area contributed by atoms with E-state index in [-0.39, 0.29) is 6.04 Å². The predicted octanol–water partition coefficient (Wildman–Crippen LogP) is 1.53. The average Bonchev–Trinajstić information content (AvgIpc) is 2.96. The monoisotopic (exact) mass is 247 g/mol. The lowest BCUT2D eigenvalue weighted by Gasteiger charge is -2.14. The average molecular weight is 247 g/mol. The molecule has 18 heavy (non-hydrogen) atoms. The molecule has 2 rings (SSSR count). The third-order valence-electron chi connectivity index (χ3n) is 3.09. The molecular weight excluding hydrogens is 226 g/mol. The van der Waals surface area contributed by atoms with Crippen molar-refractivity contribution in [3.63, 3.8) is 0 Å². The molecule has 5 heteroatoms. The first-order chi connectivity index (χ1) is 8.74. The topological polar surface area (TPSA) is 47.7 Å². The van der Waals surface area contributed by atoms with Crippen molar-refractivity contribution in [1.29, 1.82) is 0 Å². The summed E-state index contributed by atoms with van der Waals surface area (Å²) in [5, 5.41) is 7.77. The first-order valence-electron chi connectivity index (χ1n) is 6.41. The summed E-state index contributed by atoms with van der Waals surface area (Å²) < 4.78 is 4.05. The maximum absolute atomic E-state index is 4.46. The van der Waals surface area contributed by atoms with Crippen LogP contribution in [0.2, 0.25) is 0 Å². The molecule has 0 spiro atoms. The highest BCUT2D eigenvalue weighted by atomic mass is 15.3. The van der Waals surface area contributed by atoms with Crippen LogP contribution >= 0.6 is 0 Å². The molecule has 0 aliphatic heterocycles. The molecule has 0 aliphatic rings. The zero-order chi connectivity index (χ0) is 13.0. The largest absolute Gasteiger partial charge is 0.335 e. The minimum atomic E-state index is 0.212. The lowest BCUT2D eigenvalue weighted by molar-refractivity contribution is 0.525. The van der Waals surface area contributed by atoms with Crippen LogP contribution in [0.1, 0.15) is 30.9 Å². The summed E-state index contributed by atoms with van der Waals surface area (Å²) in [5.41, 5.74) is 1.06. The summed E-state index contributed by atoms with van der Waals surface area (Å²) >= 11 is 0. The Bertz CT molecular complexity index is 485. The Morgan fingerprint density at radius 1 is 1.39 bits per heavy atom. The molecular formula is C13H21N5. The minimum Gasteiger partial charge on any atom is -0.335 e. The van der Waals surface area contributed by atoms with Crippen molar-refractivity contribution in [2.45, 2.75) is 32.4 Å². The van der Waals surface area contributed by atoms with Crippen molar-refractivity contribution in [2.24, 2.45) is 7.05 Å². The molecule has 2 heterocycles. The van der Waals surface area contributed by atoms with E-state index in [0.29, 0.717) is 0 Å². The van der Waals surface area contributed by atoms with Gasteiger partial charge in [0.25, 0.3) is 0 Å². The Morgan fingerprint density at radius 2 is 2.22 bits per heavy atom. The van der Waals surface area contributed by atoms with Gasteiger partial charge in [-0.3, -0.25) is 4.68 Å². The molecule has 98 valence electrons. The van der Waals surface area contributed by atoms with Crippen molar-refractivity contribution in [2.75, 3.05) is 7.05 Å². The molecule has 0 aliphatic carbocycles. The highest BCUT2D eigenvalue weighted by Gasteiger charge is 2.15. The summed E-state index contributed by atoms with van der Waals surface area (Å²) in [6, 6.07) is 2.26. The second kappa shape index (κ2) is 5.82. The SMILES string of the molecule is CCCn1ccnc1CC(NC)c1ccn(C)n1. The van der Waals surface area contributed by atoms with Gasteiger partial charge in [-0.2, -0.15) is 5.10 Å². The van der Waals surface area contributed by atoms with Crippen molar-refractivity contribution in [3.05, 3.63) is 36.2 Å². The highest BCUT2D eigenvalue weighted by Crippen LogP contribution is 2.15. The molecule has 1 unspecified atom stereocenters. The number of aromatic nitrogens is 4. The fourth-order valence-corrected chi connectivity index (χ4v) is 2.13. The van der Waals surface area contributed by atoms with Crippen LogP contribution in [0.5, 0.6) is 0 Å². The van der Waals surface area contributed by atoms with E-state index in [1.54, 1.807) is 0 Å². The first kappa shape index (κ1) is 12.8. The zero-order valence-electron chi connectivity index (χ0n) is 11.3. The van der Waals surface area contributed by atoms with E-state index >= 15 is 0 Å². The van der Waals surface area contributed by atoms with Gasteiger partial charge in [0, 0.05) is 38.6 Å². The third-order valence-corrected chi connectivity index (χ3v) is 3.09. The van der Waals surface area contributed by atoms with Gasteiger partial charge in [-0.05, 0) is 19.5 Å². The molecule has 1 N–H and O–H groups in total. The Balaban J connectivity index is 2.12. The van der Waals surface area contributed by atoms with Crippen LogP contribution in [0.15, 0.2) is 24.7 Å². The van der Waals surface area contributed by atoms with Gasteiger partial charge in [-0.15, -0.1) is 0 Å². The van der Waals surface area contributed by atoms with Gasteiger partial charge in [-0.25, -0.2) is 4.98 Å². The van der Waals surface area contributed by atoms with Crippen LogP contribution in [0.25, 0.3) is 0 Å². The number of likely N-dealkylation sites (N-methyl/N-ethyl adjacent to an activating group) is 1. The van der Waals surface area contributed by atoms with E-state index in [9.17, 15) is 0 Å². The summed E-state index contributed by atoms with van der Waals surface area (Å²) in [6.45, 7) is 3.20. The zero-order valence-corrected chi connectivity index (χ0v) is 11.3. The Morgan fingerprint density at radius 3 is 2.83 bits per heavy atom. The number of rotatable bonds is 6. The number of nitrogens with one attached hydrogen (secondary N) is 1. The smallest absolute Gasteiger partial charge is 0.110 e. The van der Waals surface area contributed by atoms with Crippen LogP contribution < -0.4 is 5.32 Å². The molecule has 0 saturated heterocycles. The maximum Gasteiger partial charge on any atom is 0.110 e. The van der Waals surface area contributed by atoms with Crippen molar-refractivity contribution in [1.82, 2.24) is 24.6 Å². The van der Waals surface area contributed by atoms with Crippen LogP contribution in [-0.4, -0.2) is 26.4 Å². The van der Waals surface area contributed by atoms with E-state index in [1.807, 2.05) is 43.4 Å². The molecule has 0 bridgehead atoms. The molecule has 2 aromatic rings. The molecule has 0 saturated carbocycles. The van der Waals surface area contributed by atoms with Gasteiger partial charge in [0.05, 0.1) is 11.7 Å². The summed E-state index contributed by atoms with van der Waals surface area (Å²) in [4.78, 5) is 4.44. The fourth-order valence-electron chi connectivity index (χ4n) is 2.13. The van der Waals surface area contributed by atoms with E-state index in [1.165, 1.54) is 0 Å². The Kier molecular flexibility index (Phi) is 4.15. The fraction of sp³-hybridized carbons (Fsp3) is 0.538. The highest BCUT2D eigenvalue weighted by molar-refractivity contribution is 5.09. The number of hydrogen-bond acceptors (Lipinski definition) is 3. The number of imidazole rings is 1. The van der Waals surface area contributed by atoms with Crippen LogP contribution in [-0.2, 0) is 20.0 Å². The second-order valence-corrected chi connectivity index (χ2v) is 4.50. The van der Waals surface area contributed by atoms with Crippen molar-refractivity contribution in [3.8, 4) is 0 Å². The van der Waals surface area contributed by atoms with Crippen molar-refractivity contribution < 1.29 is 0 Å². The number of aryl methyl sites for hydroxylation is 2. The minimum absolute atomic E-state index is 0.212. The van der Waals surface area contributed by atoms with Gasteiger partial charge in [0.2, 0.25) is 0 Å². The summed E-state index contributed by atoms with van der Waals surface area (Å²) in [6.07, 6.45) is 7.87. The van der Waals surface area contributed by atoms with E-state index in [4.69, 9.17) is 0 Å². The summed E-state index contributed by atoms with van der Waals surface area (Å²) in [5.74, 6) is 1.11.